The molecule has 9 heteroatoms. The van der Waals surface area contributed by atoms with E-state index in [9.17, 15) is 27.6 Å². The van der Waals surface area contributed by atoms with Gasteiger partial charge in [-0.25, -0.2) is 0 Å². The van der Waals surface area contributed by atoms with Crippen LogP contribution in [-0.2, 0) is 15.8 Å². The molecule has 0 aliphatic rings. The third-order valence-corrected chi connectivity index (χ3v) is 4.74. The molecule has 0 radical (unpaired) electrons. The van der Waals surface area contributed by atoms with Crippen LogP contribution >= 0.6 is 0 Å². The second-order valence-electron chi connectivity index (χ2n) is 6.98. The summed E-state index contributed by atoms with van der Waals surface area (Å²) in [5.74, 6) is -1.73. The highest BCUT2D eigenvalue weighted by molar-refractivity contribution is 5.98. The van der Waals surface area contributed by atoms with Crippen LogP contribution in [0.4, 0.5) is 18.9 Å². The zero-order valence-corrected chi connectivity index (χ0v) is 17.5. The highest BCUT2D eigenvalue weighted by atomic mass is 19.4. The zero-order valence-electron chi connectivity index (χ0n) is 17.5. The average molecular weight is 435 g/mol. The number of hydrogen-bond donors (Lipinski definition) is 2. The maximum atomic E-state index is 13.1. The number of nitrogens with zero attached hydrogens (tertiary/aromatic N) is 1. The number of nitrogens with one attached hydrogen (secondary N) is 2. The largest absolute Gasteiger partial charge is 0.418 e. The summed E-state index contributed by atoms with van der Waals surface area (Å²) in [4.78, 5) is 38.0. The van der Waals surface area contributed by atoms with Gasteiger partial charge < -0.3 is 15.5 Å². The van der Waals surface area contributed by atoms with Gasteiger partial charge in [0, 0.05) is 12.1 Å². The molecular formula is C22H24F3N3O3. The van der Waals surface area contributed by atoms with Crippen LogP contribution < -0.4 is 10.6 Å². The highest BCUT2D eigenvalue weighted by Gasteiger charge is 2.33. The standard InChI is InChI=1S/C22H24F3N3O3/c1-4-28(13-19(29)27-18-8-6-5-7-17(18)22(23,24)25)20(30)12-26-21(31)16-10-9-14(2)15(3)11-16/h5-11H,4,12-13H2,1-3H3,(H,26,31)(H,27,29). The van der Waals surface area contributed by atoms with E-state index in [0.29, 0.717) is 5.56 Å². The van der Waals surface area contributed by atoms with Gasteiger partial charge in [-0.05, 0) is 56.2 Å². The normalized spacial score (nSPS) is 11.0. The van der Waals surface area contributed by atoms with Crippen LogP contribution in [-0.4, -0.2) is 42.3 Å². The Morgan fingerprint density at radius 3 is 2.29 bits per heavy atom. The number of likely N-dealkylation sites (N-methyl/N-ethyl adjacent to an activating group) is 1. The van der Waals surface area contributed by atoms with Gasteiger partial charge in [0.05, 0.1) is 24.3 Å². The highest BCUT2D eigenvalue weighted by Crippen LogP contribution is 2.34. The Morgan fingerprint density at radius 1 is 1.00 bits per heavy atom. The monoisotopic (exact) mass is 435 g/mol. The Hall–Kier alpha value is -3.36. The molecule has 0 aliphatic heterocycles. The number of rotatable bonds is 7. The first kappa shape index (κ1) is 23.9. The number of halogens is 3. The lowest BCUT2D eigenvalue weighted by Crippen LogP contribution is -2.43. The first-order valence-corrected chi connectivity index (χ1v) is 9.62. The molecule has 0 fully saturated rings. The zero-order chi connectivity index (χ0) is 23.2. The van der Waals surface area contributed by atoms with Gasteiger partial charge in [-0.1, -0.05) is 18.2 Å². The molecular weight excluding hydrogens is 411 g/mol. The van der Waals surface area contributed by atoms with Crippen molar-refractivity contribution in [1.82, 2.24) is 10.2 Å². The molecule has 2 rings (SSSR count). The van der Waals surface area contributed by atoms with Gasteiger partial charge in [0.2, 0.25) is 11.8 Å². The fourth-order valence-electron chi connectivity index (χ4n) is 2.83. The van der Waals surface area contributed by atoms with Crippen LogP contribution in [0.3, 0.4) is 0 Å². The summed E-state index contributed by atoms with van der Waals surface area (Å²) in [6, 6.07) is 9.74. The van der Waals surface area contributed by atoms with Gasteiger partial charge in [-0.2, -0.15) is 13.2 Å². The Bertz CT molecular complexity index is 974. The molecule has 0 saturated heterocycles. The topological polar surface area (TPSA) is 78.5 Å². The van der Waals surface area contributed by atoms with E-state index in [0.717, 1.165) is 28.2 Å². The maximum Gasteiger partial charge on any atom is 0.418 e. The smallest absolute Gasteiger partial charge is 0.343 e. The Kier molecular flexibility index (Phi) is 7.79. The molecule has 2 aromatic carbocycles. The van der Waals surface area contributed by atoms with Crippen LogP contribution in [0, 0.1) is 13.8 Å². The van der Waals surface area contributed by atoms with E-state index < -0.39 is 36.0 Å². The van der Waals surface area contributed by atoms with E-state index in [1.54, 1.807) is 25.1 Å². The quantitative estimate of drug-likeness (QED) is 0.698. The van der Waals surface area contributed by atoms with E-state index in [1.807, 2.05) is 13.8 Å². The van der Waals surface area contributed by atoms with Crippen molar-refractivity contribution in [2.45, 2.75) is 26.9 Å². The fourth-order valence-corrected chi connectivity index (χ4v) is 2.83. The van der Waals surface area contributed by atoms with Gasteiger partial charge in [0.15, 0.2) is 0 Å². The van der Waals surface area contributed by atoms with E-state index in [1.165, 1.54) is 12.1 Å². The number of para-hydroxylation sites is 1. The lowest BCUT2D eigenvalue weighted by atomic mass is 10.1. The van der Waals surface area contributed by atoms with E-state index >= 15 is 0 Å². The van der Waals surface area contributed by atoms with Crippen LogP contribution in [0.15, 0.2) is 42.5 Å². The van der Waals surface area contributed by atoms with Crippen LogP contribution in [0.25, 0.3) is 0 Å². The van der Waals surface area contributed by atoms with Gasteiger partial charge >= 0.3 is 6.18 Å². The Labute approximate surface area is 178 Å². The van der Waals surface area contributed by atoms with Crippen LogP contribution in [0.2, 0.25) is 0 Å². The third-order valence-electron chi connectivity index (χ3n) is 4.74. The first-order chi connectivity index (χ1) is 14.5. The minimum atomic E-state index is -4.62. The number of aryl methyl sites for hydroxylation is 2. The summed E-state index contributed by atoms with van der Waals surface area (Å²) >= 11 is 0. The summed E-state index contributed by atoms with van der Waals surface area (Å²) in [5.41, 5.74) is 1.01. The Balaban J connectivity index is 1.96. The molecule has 6 nitrogen and oxygen atoms in total. The lowest BCUT2D eigenvalue weighted by Gasteiger charge is -2.21. The van der Waals surface area contributed by atoms with Crippen molar-refractivity contribution in [2.75, 3.05) is 25.0 Å². The second-order valence-corrected chi connectivity index (χ2v) is 6.98. The molecule has 0 saturated carbocycles. The molecule has 0 unspecified atom stereocenters. The summed E-state index contributed by atoms with van der Waals surface area (Å²) < 4.78 is 39.2. The summed E-state index contributed by atoms with van der Waals surface area (Å²) in [7, 11) is 0. The van der Waals surface area contributed by atoms with Crippen molar-refractivity contribution in [3.05, 3.63) is 64.7 Å². The van der Waals surface area contributed by atoms with Crippen molar-refractivity contribution in [2.24, 2.45) is 0 Å². The number of amides is 3. The molecule has 0 bridgehead atoms. The fraction of sp³-hybridized carbons (Fsp3) is 0.318. The molecule has 0 spiro atoms. The van der Waals surface area contributed by atoms with Crippen LogP contribution in [0.5, 0.6) is 0 Å². The van der Waals surface area contributed by atoms with Gasteiger partial charge in [0.25, 0.3) is 5.91 Å². The van der Waals surface area contributed by atoms with Crippen LogP contribution in [0.1, 0.15) is 34.0 Å². The van der Waals surface area contributed by atoms with Gasteiger partial charge in [0.1, 0.15) is 0 Å². The molecule has 2 aromatic rings. The first-order valence-electron chi connectivity index (χ1n) is 9.62. The maximum absolute atomic E-state index is 13.1. The molecule has 3 amide bonds. The van der Waals surface area contributed by atoms with Gasteiger partial charge in [-0.15, -0.1) is 0 Å². The average Bonchev–Trinajstić information content (AvgIpc) is 2.71. The minimum absolute atomic E-state index is 0.146. The van der Waals surface area contributed by atoms with Crippen molar-refractivity contribution < 1.29 is 27.6 Å². The molecule has 0 aromatic heterocycles. The van der Waals surface area contributed by atoms with E-state index in [-0.39, 0.29) is 18.8 Å². The lowest BCUT2D eigenvalue weighted by molar-refractivity contribution is -0.137. The summed E-state index contributed by atoms with van der Waals surface area (Å²) in [6.07, 6.45) is -4.62. The minimum Gasteiger partial charge on any atom is -0.343 e. The number of carbonyl (C=O) groups is 3. The van der Waals surface area contributed by atoms with Gasteiger partial charge in [-0.3, -0.25) is 14.4 Å². The molecule has 2 N–H and O–H groups in total. The van der Waals surface area contributed by atoms with Crippen molar-refractivity contribution in [3.8, 4) is 0 Å². The molecule has 31 heavy (non-hydrogen) atoms. The number of carbonyl (C=O) groups excluding carboxylic acids is 3. The van der Waals surface area contributed by atoms with Crippen molar-refractivity contribution in [3.63, 3.8) is 0 Å². The molecule has 0 aliphatic carbocycles. The van der Waals surface area contributed by atoms with E-state index in [4.69, 9.17) is 0 Å². The molecule has 166 valence electrons. The van der Waals surface area contributed by atoms with Crippen molar-refractivity contribution in [1.29, 1.82) is 0 Å². The Morgan fingerprint density at radius 2 is 1.68 bits per heavy atom. The number of hydrogen-bond acceptors (Lipinski definition) is 3. The molecule has 0 heterocycles. The van der Waals surface area contributed by atoms with Crippen molar-refractivity contribution >= 4 is 23.4 Å². The number of benzene rings is 2. The number of alkyl halides is 3. The second kappa shape index (κ2) is 10.1. The third kappa shape index (κ3) is 6.56. The molecule has 0 atom stereocenters. The number of anilines is 1. The summed E-state index contributed by atoms with van der Waals surface area (Å²) in [6.45, 7) is 4.77. The van der Waals surface area contributed by atoms with E-state index in [2.05, 4.69) is 10.6 Å². The summed E-state index contributed by atoms with van der Waals surface area (Å²) in [5, 5.41) is 4.70. The predicted molar refractivity (Wildman–Crippen MR) is 111 cm³/mol. The predicted octanol–water partition coefficient (Wildman–Crippen LogP) is 3.54. The SMILES string of the molecule is CCN(CC(=O)Nc1ccccc1C(F)(F)F)C(=O)CNC(=O)c1ccc(C)c(C)c1.